The summed E-state index contributed by atoms with van der Waals surface area (Å²) < 4.78 is 10.7. The van der Waals surface area contributed by atoms with Crippen molar-refractivity contribution in [1.82, 2.24) is 4.98 Å². The number of nitrogens with one attached hydrogen (secondary N) is 1. The van der Waals surface area contributed by atoms with Crippen LogP contribution in [0.3, 0.4) is 0 Å². The van der Waals surface area contributed by atoms with Crippen LogP contribution in [0.2, 0.25) is 5.15 Å². The highest BCUT2D eigenvalue weighted by Gasteiger charge is 2.22. The number of benzene rings is 1. The molecule has 1 aromatic carbocycles. The molecule has 29 heavy (non-hydrogen) atoms. The third-order valence-electron chi connectivity index (χ3n) is 4.05. The fourth-order valence-electron chi connectivity index (χ4n) is 2.46. The van der Waals surface area contributed by atoms with E-state index in [0.29, 0.717) is 22.6 Å². The maximum atomic E-state index is 12.3. The molecule has 0 saturated heterocycles. The number of carbonyl (C=O) groups is 3. The van der Waals surface area contributed by atoms with Crippen molar-refractivity contribution in [2.45, 2.75) is 20.0 Å². The number of ether oxygens (including phenoxy) is 1. The molecule has 0 bridgehead atoms. The highest BCUT2D eigenvalue weighted by Crippen LogP contribution is 2.24. The van der Waals surface area contributed by atoms with Crippen molar-refractivity contribution in [3.8, 4) is 11.3 Å². The van der Waals surface area contributed by atoms with Crippen molar-refractivity contribution in [2.75, 3.05) is 5.32 Å². The van der Waals surface area contributed by atoms with Crippen LogP contribution in [0, 0.1) is 0 Å². The number of ketones is 1. The maximum Gasteiger partial charge on any atom is 0.375 e. The van der Waals surface area contributed by atoms with Gasteiger partial charge in [0.15, 0.2) is 17.0 Å². The fourth-order valence-corrected chi connectivity index (χ4v) is 2.62. The molecule has 0 spiro atoms. The van der Waals surface area contributed by atoms with Gasteiger partial charge in [-0.3, -0.25) is 9.59 Å². The Morgan fingerprint density at radius 2 is 1.83 bits per heavy atom. The number of carbonyl (C=O) groups excluding carboxylic acids is 3. The third kappa shape index (κ3) is 4.89. The summed E-state index contributed by atoms with van der Waals surface area (Å²) in [5.74, 6) is -0.988. The Labute approximate surface area is 171 Å². The summed E-state index contributed by atoms with van der Waals surface area (Å²) in [5.41, 5.74) is 1.59. The molecule has 8 heteroatoms. The quantitative estimate of drug-likeness (QED) is 0.366. The predicted octanol–water partition coefficient (Wildman–Crippen LogP) is 4.38. The summed E-state index contributed by atoms with van der Waals surface area (Å²) in [7, 11) is 0. The number of Topliss-reactive ketones (excluding diaryl/α,β-unsaturated/α-hetero) is 1. The lowest BCUT2D eigenvalue weighted by atomic mass is 10.1. The first-order valence-electron chi connectivity index (χ1n) is 8.68. The molecular formula is C21H17ClN2O5. The topological polar surface area (TPSA) is 98.5 Å². The highest BCUT2D eigenvalue weighted by molar-refractivity contribution is 6.32. The summed E-state index contributed by atoms with van der Waals surface area (Å²) >= 11 is 5.90. The number of hydrogen-bond donors (Lipinski definition) is 1. The molecule has 1 amide bonds. The number of rotatable bonds is 6. The molecule has 3 aromatic rings. The Morgan fingerprint density at radius 1 is 1.10 bits per heavy atom. The maximum absolute atomic E-state index is 12.3. The van der Waals surface area contributed by atoms with Gasteiger partial charge in [-0.1, -0.05) is 35.9 Å². The summed E-state index contributed by atoms with van der Waals surface area (Å²) in [6, 6.07) is 13.1. The minimum atomic E-state index is -1.08. The van der Waals surface area contributed by atoms with Crippen LogP contribution in [0.5, 0.6) is 0 Å². The number of esters is 1. The molecule has 148 valence electrons. The zero-order chi connectivity index (χ0) is 21.0. The first-order valence-corrected chi connectivity index (χ1v) is 9.06. The van der Waals surface area contributed by atoms with Gasteiger partial charge in [-0.05, 0) is 38.1 Å². The minimum Gasteiger partial charge on any atom is -0.449 e. The van der Waals surface area contributed by atoms with Gasteiger partial charge in [0.1, 0.15) is 5.76 Å². The lowest BCUT2D eigenvalue weighted by Gasteiger charge is -2.13. The van der Waals surface area contributed by atoms with Crippen molar-refractivity contribution in [2.24, 2.45) is 0 Å². The van der Waals surface area contributed by atoms with E-state index in [-0.39, 0.29) is 16.7 Å². The van der Waals surface area contributed by atoms with Crippen molar-refractivity contribution in [1.29, 1.82) is 0 Å². The lowest BCUT2D eigenvalue weighted by Crippen LogP contribution is -2.30. The van der Waals surface area contributed by atoms with Crippen molar-refractivity contribution < 1.29 is 23.5 Å². The van der Waals surface area contributed by atoms with Crippen molar-refractivity contribution in [3.63, 3.8) is 0 Å². The SMILES string of the molecule is CC(=O)c1ccc(-c2ccc(C(=O)O[C@@H](C)C(=O)Nc3cccnc3Cl)o2)cc1. The smallest absolute Gasteiger partial charge is 0.375 e. The van der Waals surface area contributed by atoms with Gasteiger partial charge < -0.3 is 14.5 Å². The van der Waals surface area contributed by atoms with E-state index in [1.807, 2.05) is 0 Å². The van der Waals surface area contributed by atoms with E-state index >= 15 is 0 Å². The first-order chi connectivity index (χ1) is 13.8. The van der Waals surface area contributed by atoms with Crippen LogP contribution in [0.15, 0.2) is 59.1 Å². The molecule has 0 radical (unpaired) electrons. The van der Waals surface area contributed by atoms with E-state index in [1.54, 1.807) is 42.5 Å². The van der Waals surface area contributed by atoms with Gasteiger partial charge in [-0.2, -0.15) is 0 Å². The predicted molar refractivity (Wildman–Crippen MR) is 107 cm³/mol. The number of pyridine rings is 1. The van der Waals surface area contributed by atoms with Gasteiger partial charge in [0.25, 0.3) is 5.91 Å². The molecule has 1 atom stereocenters. The normalized spacial score (nSPS) is 11.6. The monoisotopic (exact) mass is 412 g/mol. The number of hydrogen-bond acceptors (Lipinski definition) is 6. The van der Waals surface area contributed by atoms with Crippen LogP contribution in [-0.2, 0) is 9.53 Å². The average molecular weight is 413 g/mol. The molecule has 7 nitrogen and oxygen atoms in total. The number of amides is 1. The van der Waals surface area contributed by atoms with Gasteiger partial charge in [-0.25, -0.2) is 9.78 Å². The van der Waals surface area contributed by atoms with Crippen molar-refractivity contribution in [3.05, 3.63) is 71.2 Å². The zero-order valence-electron chi connectivity index (χ0n) is 15.6. The number of nitrogens with zero attached hydrogens (tertiary/aromatic N) is 1. The fraction of sp³-hybridized carbons (Fsp3) is 0.143. The molecule has 0 aliphatic carbocycles. The molecule has 0 saturated carbocycles. The van der Waals surface area contributed by atoms with Gasteiger partial charge >= 0.3 is 5.97 Å². The summed E-state index contributed by atoms with van der Waals surface area (Å²) in [6.45, 7) is 2.91. The van der Waals surface area contributed by atoms with E-state index in [0.717, 1.165) is 0 Å². The molecule has 3 rings (SSSR count). The lowest BCUT2D eigenvalue weighted by molar-refractivity contribution is -0.123. The van der Waals surface area contributed by atoms with E-state index in [1.165, 1.54) is 26.1 Å². The largest absolute Gasteiger partial charge is 0.449 e. The summed E-state index contributed by atoms with van der Waals surface area (Å²) in [6.07, 6.45) is 0.408. The Hall–Kier alpha value is -3.45. The van der Waals surface area contributed by atoms with E-state index < -0.39 is 18.0 Å². The Bertz CT molecular complexity index is 1060. The standard InChI is InChI=1S/C21H17ClN2O5/c1-12(25)14-5-7-15(8-6-14)17-9-10-18(29-17)21(27)28-13(2)20(26)24-16-4-3-11-23-19(16)22/h3-11,13H,1-2H3,(H,24,26)/t13-/m0/s1. The second kappa shape index (κ2) is 8.70. The first kappa shape index (κ1) is 20.3. The van der Waals surface area contributed by atoms with E-state index in [9.17, 15) is 14.4 Å². The molecule has 1 N–H and O–H groups in total. The Morgan fingerprint density at radius 3 is 2.48 bits per heavy atom. The number of aromatic nitrogens is 1. The van der Waals surface area contributed by atoms with Gasteiger partial charge in [0, 0.05) is 17.3 Å². The molecular weight excluding hydrogens is 396 g/mol. The van der Waals surface area contributed by atoms with Gasteiger partial charge in [-0.15, -0.1) is 0 Å². The summed E-state index contributed by atoms with van der Waals surface area (Å²) in [5, 5.41) is 2.67. The molecule has 0 aliphatic heterocycles. The summed E-state index contributed by atoms with van der Waals surface area (Å²) in [4.78, 5) is 39.7. The average Bonchev–Trinajstić information content (AvgIpc) is 3.20. The van der Waals surface area contributed by atoms with Crippen LogP contribution in [0.1, 0.15) is 34.8 Å². The number of anilines is 1. The number of halogens is 1. The van der Waals surface area contributed by atoms with Crippen LogP contribution in [0.25, 0.3) is 11.3 Å². The minimum absolute atomic E-state index is 0.0416. The Kier molecular flexibility index (Phi) is 6.09. The second-order valence-corrected chi connectivity index (χ2v) is 6.53. The third-order valence-corrected chi connectivity index (χ3v) is 4.35. The molecule has 2 aromatic heterocycles. The van der Waals surface area contributed by atoms with Crippen LogP contribution >= 0.6 is 11.6 Å². The second-order valence-electron chi connectivity index (χ2n) is 6.18. The van der Waals surface area contributed by atoms with E-state index in [2.05, 4.69) is 10.3 Å². The van der Waals surface area contributed by atoms with Gasteiger partial charge in [0.05, 0.1) is 5.69 Å². The van der Waals surface area contributed by atoms with Crippen LogP contribution in [0.4, 0.5) is 5.69 Å². The molecule has 2 heterocycles. The highest BCUT2D eigenvalue weighted by atomic mass is 35.5. The van der Waals surface area contributed by atoms with Gasteiger partial charge in [0.2, 0.25) is 5.76 Å². The van der Waals surface area contributed by atoms with E-state index in [4.69, 9.17) is 20.8 Å². The van der Waals surface area contributed by atoms with Crippen LogP contribution in [-0.4, -0.2) is 28.7 Å². The zero-order valence-corrected chi connectivity index (χ0v) is 16.4. The van der Waals surface area contributed by atoms with Crippen LogP contribution < -0.4 is 5.32 Å². The molecule has 0 aliphatic rings. The molecule has 0 unspecified atom stereocenters. The van der Waals surface area contributed by atoms with Crippen molar-refractivity contribution >= 4 is 34.9 Å². The number of furan rings is 1. The Balaban J connectivity index is 1.64. The molecule has 0 fully saturated rings.